The predicted molar refractivity (Wildman–Crippen MR) is 246 cm³/mol. The number of aliphatic hydroxyl groups excluding tert-OH is 4. The van der Waals surface area contributed by atoms with Gasteiger partial charge in [-0.25, -0.2) is 0 Å². The highest BCUT2D eigenvalue weighted by Crippen LogP contribution is 2.22. The van der Waals surface area contributed by atoms with Crippen LogP contribution in [0.3, 0.4) is 0 Å². The van der Waals surface area contributed by atoms with Crippen LogP contribution < -0.4 is 0 Å². The Morgan fingerprint density at radius 2 is 0.934 bits per heavy atom. The highest BCUT2D eigenvalue weighted by atomic mass is 16.7. The second-order valence-electron chi connectivity index (χ2n) is 14.7. The van der Waals surface area contributed by atoms with E-state index in [0.717, 1.165) is 83.5 Å². The lowest BCUT2D eigenvalue weighted by molar-refractivity contribution is -0.305. The van der Waals surface area contributed by atoms with Crippen LogP contribution in [-0.2, 0) is 28.5 Å². The molecular weight excluding hydrogens is 773 g/mol. The Labute approximate surface area is 367 Å². The Kier molecular flexibility index (Phi) is 36.3. The van der Waals surface area contributed by atoms with Crippen molar-refractivity contribution >= 4 is 11.9 Å². The van der Waals surface area contributed by atoms with E-state index in [1.54, 1.807) is 0 Å². The summed E-state index contributed by atoms with van der Waals surface area (Å²) in [5.74, 6) is -0.928. The Morgan fingerprint density at radius 3 is 1.39 bits per heavy atom. The first kappa shape index (κ1) is 55.1. The lowest BCUT2D eigenvalue weighted by atomic mass is 9.99. The lowest BCUT2D eigenvalue weighted by Gasteiger charge is -2.39. The Morgan fingerprint density at radius 1 is 0.508 bits per heavy atom. The third-order valence-electron chi connectivity index (χ3n) is 9.34. The third kappa shape index (κ3) is 31.6. The number of esters is 2. The number of aliphatic hydroxyl groups is 4. The molecule has 0 aromatic carbocycles. The number of hydrogen-bond donors (Lipinski definition) is 4. The Bertz CT molecular complexity index is 1400. The van der Waals surface area contributed by atoms with Gasteiger partial charge in [-0.1, -0.05) is 142 Å². The topological polar surface area (TPSA) is 152 Å². The van der Waals surface area contributed by atoms with E-state index in [1.807, 2.05) is 6.08 Å². The van der Waals surface area contributed by atoms with Crippen LogP contribution in [0.5, 0.6) is 0 Å². The second-order valence-corrected chi connectivity index (χ2v) is 14.7. The van der Waals surface area contributed by atoms with Gasteiger partial charge in [0.1, 0.15) is 31.0 Å². The summed E-state index contributed by atoms with van der Waals surface area (Å²) in [6, 6.07) is 0. The molecule has 4 N–H and O–H groups in total. The van der Waals surface area contributed by atoms with Gasteiger partial charge in [-0.15, -0.1) is 0 Å². The molecule has 10 heteroatoms. The average molecular weight is 851 g/mol. The maximum Gasteiger partial charge on any atom is 0.306 e. The van der Waals surface area contributed by atoms with Crippen molar-refractivity contribution < 1.29 is 49.0 Å². The molecule has 0 aromatic heterocycles. The van der Waals surface area contributed by atoms with Crippen molar-refractivity contribution in [3.05, 3.63) is 122 Å². The maximum absolute atomic E-state index is 12.8. The van der Waals surface area contributed by atoms with Crippen LogP contribution in [-0.4, -0.2) is 89.0 Å². The fraction of sp³-hybridized carbons (Fsp3) is 0.569. The van der Waals surface area contributed by atoms with Crippen molar-refractivity contribution in [3.8, 4) is 0 Å². The third-order valence-corrected chi connectivity index (χ3v) is 9.34. The summed E-state index contributed by atoms with van der Waals surface area (Å²) >= 11 is 0. The second kappa shape index (κ2) is 40.2. The quantitative estimate of drug-likeness (QED) is 0.0276. The van der Waals surface area contributed by atoms with Crippen LogP contribution in [0.25, 0.3) is 0 Å². The molecule has 0 radical (unpaired) electrons. The van der Waals surface area contributed by atoms with Gasteiger partial charge in [-0.3, -0.25) is 9.59 Å². The lowest BCUT2D eigenvalue weighted by Crippen LogP contribution is -2.59. The summed E-state index contributed by atoms with van der Waals surface area (Å²) in [5, 5.41) is 40.1. The smallest absolute Gasteiger partial charge is 0.306 e. The van der Waals surface area contributed by atoms with Crippen LogP contribution in [0, 0.1) is 0 Å². The first-order valence-corrected chi connectivity index (χ1v) is 22.6. The van der Waals surface area contributed by atoms with Crippen molar-refractivity contribution in [1.29, 1.82) is 0 Å². The van der Waals surface area contributed by atoms with E-state index in [4.69, 9.17) is 18.9 Å². The van der Waals surface area contributed by atoms with E-state index in [0.29, 0.717) is 19.3 Å². The van der Waals surface area contributed by atoms with Crippen LogP contribution in [0.15, 0.2) is 122 Å². The molecule has 1 rings (SSSR count). The number of carbonyl (C=O) groups is 2. The van der Waals surface area contributed by atoms with Gasteiger partial charge in [0.15, 0.2) is 12.4 Å². The first-order chi connectivity index (χ1) is 29.8. The molecule has 0 bridgehead atoms. The summed E-state index contributed by atoms with van der Waals surface area (Å²) in [4.78, 5) is 25.3. The Balaban J connectivity index is 2.41. The minimum absolute atomic E-state index is 0.136. The summed E-state index contributed by atoms with van der Waals surface area (Å²) in [7, 11) is 0. The van der Waals surface area contributed by atoms with Gasteiger partial charge in [0.05, 0.1) is 13.2 Å². The van der Waals surface area contributed by atoms with E-state index in [2.05, 4.69) is 129 Å². The fourth-order valence-electron chi connectivity index (χ4n) is 5.84. The molecule has 2 unspecified atom stereocenters. The molecule has 61 heavy (non-hydrogen) atoms. The van der Waals surface area contributed by atoms with Gasteiger partial charge in [0.2, 0.25) is 0 Å². The van der Waals surface area contributed by atoms with Crippen molar-refractivity contribution in [2.45, 2.75) is 166 Å². The molecule has 0 saturated carbocycles. The van der Waals surface area contributed by atoms with Crippen molar-refractivity contribution in [1.82, 2.24) is 0 Å². The SMILES string of the molecule is CC/C=C/C/C=C/C/C=C/C/C=C/C/C=C/CCCCCC(=O)OC[C@@H](CO[C@H]1O[C@@H](CO)[C@@H](O)C(O)C1O)OC(=O)CCC/C=C/C/C=C/C/C=C/C/C=C/C/C=C/CC. The van der Waals surface area contributed by atoms with Gasteiger partial charge in [0.25, 0.3) is 0 Å². The van der Waals surface area contributed by atoms with Gasteiger partial charge in [-0.05, 0) is 96.3 Å². The molecule has 1 fully saturated rings. The van der Waals surface area contributed by atoms with E-state index in [9.17, 15) is 30.0 Å². The zero-order valence-electron chi connectivity index (χ0n) is 37.1. The predicted octanol–water partition coefficient (Wildman–Crippen LogP) is 9.88. The van der Waals surface area contributed by atoms with Crippen LogP contribution >= 0.6 is 0 Å². The highest BCUT2D eigenvalue weighted by molar-refractivity contribution is 5.70. The molecule has 1 heterocycles. The maximum atomic E-state index is 12.8. The van der Waals surface area contributed by atoms with Crippen molar-refractivity contribution in [2.24, 2.45) is 0 Å². The number of ether oxygens (including phenoxy) is 4. The zero-order chi connectivity index (χ0) is 44.4. The molecule has 6 atom stereocenters. The first-order valence-electron chi connectivity index (χ1n) is 22.6. The largest absolute Gasteiger partial charge is 0.462 e. The number of hydrogen-bond acceptors (Lipinski definition) is 10. The normalized spacial score (nSPS) is 20.9. The van der Waals surface area contributed by atoms with E-state index >= 15 is 0 Å². The zero-order valence-corrected chi connectivity index (χ0v) is 37.1. The van der Waals surface area contributed by atoms with E-state index in [1.165, 1.54) is 0 Å². The fourth-order valence-corrected chi connectivity index (χ4v) is 5.84. The van der Waals surface area contributed by atoms with Gasteiger partial charge < -0.3 is 39.4 Å². The summed E-state index contributed by atoms with van der Waals surface area (Å²) < 4.78 is 22.1. The monoisotopic (exact) mass is 851 g/mol. The van der Waals surface area contributed by atoms with Crippen molar-refractivity contribution in [2.75, 3.05) is 19.8 Å². The number of allylic oxidation sites excluding steroid dienone is 20. The molecule has 1 aliphatic heterocycles. The van der Waals surface area contributed by atoms with Gasteiger partial charge >= 0.3 is 11.9 Å². The van der Waals surface area contributed by atoms with Crippen LogP contribution in [0.2, 0.25) is 0 Å². The molecule has 0 amide bonds. The molecule has 1 saturated heterocycles. The summed E-state index contributed by atoms with van der Waals surface area (Å²) in [6.45, 7) is 3.07. The average Bonchev–Trinajstić information content (AvgIpc) is 3.26. The van der Waals surface area contributed by atoms with E-state index in [-0.39, 0.29) is 26.1 Å². The van der Waals surface area contributed by atoms with Gasteiger partial charge in [-0.2, -0.15) is 0 Å². The number of carbonyl (C=O) groups excluding carboxylic acids is 2. The van der Waals surface area contributed by atoms with Crippen LogP contribution in [0.4, 0.5) is 0 Å². The number of rotatable bonds is 35. The minimum atomic E-state index is -1.62. The standard InChI is InChI=1S/C51H78O10/c1-3-5-7-9-11-13-15-17-19-21-22-24-25-27-29-31-33-35-37-39-46(53)58-42-44(43-59-51-50(57)49(56)48(55)45(41-52)61-51)60-47(54)40-38-36-34-32-30-28-26-23-20-18-16-14-12-10-8-6-4-2/h5-8,11-14,17-20,22,24,26-29,32,34,44-45,48-52,55-57H,3-4,9-10,15-16,21,23,25,30-31,33,35-43H2,1-2H3/b7-5+,8-6+,13-11+,14-12+,19-17+,20-18+,24-22+,28-26+,29-27+,34-32+/t44-,45-,48+,49?,50?,51-/m0/s1. The Hall–Kier alpha value is -3.90. The summed E-state index contributed by atoms with van der Waals surface area (Å²) in [5.41, 5.74) is 0. The van der Waals surface area contributed by atoms with E-state index < -0.39 is 55.4 Å². The summed E-state index contributed by atoms with van der Waals surface area (Å²) in [6.07, 6.45) is 49.2. The minimum Gasteiger partial charge on any atom is -0.462 e. The molecule has 0 spiro atoms. The molecule has 342 valence electrons. The molecule has 0 aliphatic carbocycles. The molecular formula is C51H78O10. The molecule has 1 aliphatic rings. The van der Waals surface area contributed by atoms with Gasteiger partial charge in [0, 0.05) is 12.8 Å². The number of unbranched alkanes of at least 4 members (excludes halogenated alkanes) is 4. The molecule has 10 nitrogen and oxygen atoms in total. The van der Waals surface area contributed by atoms with Crippen molar-refractivity contribution in [3.63, 3.8) is 0 Å². The molecule has 0 aromatic rings. The van der Waals surface area contributed by atoms with Crippen LogP contribution in [0.1, 0.15) is 129 Å². The highest BCUT2D eigenvalue weighted by Gasteiger charge is 2.44.